The Morgan fingerprint density at radius 2 is 1.92 bits per heavy atom. The molecule has 3 aromatic rings. The van der Waals surface area contributed by atoms with Gasteiger partial charge in [-0.1, -0.05) is 6.07 Å². The van der Waals surface area contributed by atoms with Crippen molar-refractivity contribution in [2.45, 2.75) is 20.4 Å². The summed E-state index contributed by atoms with van der Waals surface area (Å²) >= 11 is 0. The Morgan fingerprint density at radius 1 is 1.16 bits per heavy atom. The minimum atomic E-state index is -0.0986. The molecule has 0 aliphatic rings. The predicted molar refractivity (Wildman–Crippen MR) is 97.2 cm³/mol. The zero-order valence-corrected chi connectivity index (χ0v) is 14.6. The summed E-state index contributed by atoms with van der Waals surface area (Å²) in [5.74, 6) is 0.707. The molecular weight excluding hydrogens is 314 g/mol. The lowest BCUT2D eigenvalue weighted by atomic mass is 10.2. The first-order valence-electron chi connectivity index (χ1n) is 8.11. The van der Waals surface area contributed by atoms with Crippen LogP contribution in [-0.4, -0.2) is 22.6 Å². The Balaban J connectivity index is 1.82. The van der Waals surface area contributed by atoms with E-state index in [-0.39, 0.29) is 5.91 Å². The number of pyridine rings is 1. The van der Waals surface area contributed by atoms with Gasteiger partial charge in [0.15, 0.2) is 0 Å². The van der Waals surface area contributed by atoms with E-state index in [1.54, 1.807) is 13.3 Å². The summed E-state index contributed by atoms with van der Waals surface area (Å²) in [7, 11) is 1.64. The highest BCUT2D eigenvalue weighted by Crippen LogP contribution is 2.22. The van der Waals surface area contributed by atoms with Crippen molar-refractivity contribution >= 4 is 5.91 Å². The molecule has 0 unspecified atom stereocenters. The number of nitrogens with zero attached hydrogens (tertiary/aromatic N) is 2. The molecule has 2 heterocycles. The van der Waals surface area contributed by atoms with Crippen molar-refractivity contribution < 1.29 is 9.53 Å². The number of carbonyl (C=O) groups is 1. The molecule has 0 saturated carbocycles. The number of nitrogens with one attached hydrogen (secondary N) is 1. The van der Waals surface area contributed by atoms with Gasteiger partial charge in [-0.25, -0.2) is 0 Å². The molecule has 1 amide bonds. The topological polar surface area (TPSA) is 56.1 Å². The molecule has 3 rings (SSSR count). The average molecular weight is 335 g/mol. The van der Waals surface area contributed by atoms with Gasteiger partial charge in [-0.05, 0) is 56.3 Å². The van der Waals surface area contributed by atoms with Crippen LogP contribution < -0.4 is 10.1 Å². The van der Waals surface area contributed by atoms with Crippen molar-refractivity contribution in [3.05, 3.63) is 77.4 Å². The van der Waals surface area contributed by atoms with E-state index in [1.165, 1.54) is 0 Å². The Kier molecular flexibility index (Phi) is 4.84. The van der Waals surface area contributed by atoms with E-state index in [1.807, 2.05) is 62.4 Å². The van der Waals surface area contributed by atoms with Crippen LogP contribution in [0.25, 0.3) is 5.69 Å². The van der Waals surface area contributed by atoms with Gasteiger partial charge in [0.2, 0.25) is 0 Å². The van der Waals surface area contributed by atoms with Crippen LogP contribution in [0.2, 0.25) is 0 Å². The highest BCUT2D eigenvalue weighted by Gasteiger charge is 2.16. The standard InChI is InChI=1S/C20H21N3O2/c1-14-12-19(20(24)22-13-16-6-4-5-11-21-16)15(2)23(14)17-7-9-18(25-3)10-8-17/h4-12H,13H2,1-3H3,(H,22,24). The number of amides is 1. The zero-order chi connectivity index (χ0) is 17.8. The number of benzene rings is 1. The second kappa shape index (κ2) is 7.21. The van der Waals surface area contributed by atoms with Crippen LogP contribution in [0.3, 0.4) is 0 Å². The molecule has 2 aromatic heterocycles. The predicted octanol–water partition coefficient (Wildman–Crippen LogP) is 3.43. The van der Waals surface area contributed by atoms with E-state index >= 15 is 0 Å². The summed E-state index contributed by atoms with van der Waals surface area (Å²) in [6.45, 7) is 4.35. The first-order chi connectivity index (χ1) is 12.1. The smallest absolute Gasteiger partial charge is 0.253 e. The summed E-state index contributed by atoms with van der Waals surface area (Å²) in [6, 6.07) is 15.3. The maximum absolute atomic E-state index is 12.6. The molecule has 0 aliphatic heterocycles. The summed E-state index contributed by atoms with van der Waals surface area (Å²) in [5.41, 5.74) is 4.41. The molecule has 0 saturated heterocycles. The number of ether oxygens (including phenoxy) is 1. The molecule has 0 radical (unpaired) electrons. The van der Waals surface area contributed by atoms with Gasteiger partial charge in [-0.15, -0.1) is 0 Å². The lowest BCUT2D eigenvalue weighted by Gasteiger charge is -2.11. The minimum absolute atomic E-state index is 0.0986. The Labute approximate surface area is 147 Å². The van der Waals surface area contributed by atoms with Crippen molar-refractivity contribution in [2.75, 3.05) is 7.11 Å². The quantitative estimate of drug-likeness (QED) is 0.777. The highest BCUT2D eigenvalue weighted by atomic mass is 16.5. The molecular formula is C20H21N3O2. The summed E-state index contributed by atoms with van der Waals surface area (Å²) < 4.78 is 7.27. The Morgan fingerprint density at radius 3 is 2.56 bits per heavy atom. The molecule has 1 N–H and O–H groups in total. The molecule has 0 spiro atoms. The van der Waals surface area contributed by atoms with Crippen molar-refractivity contribution in [3.8, 4) is 11.4 Å². The summed E-state index contributed by atoms with van der Waals surface area (Å²) in [5, 5.41) is 2.93. The summed E-state index contributed by atoms with van der Waals surface area (Å²) in [4.78, 5) is 16.8. The SMILES string of the molecule is COc1ccc(-n2c(C)cc(C(=O)NCc3ccccn3)c2C)cc1. The number of methoxy groups -OCH3 is 1. The van der Waals surface area contributed by atoms with Crippen molar-refractivity contribution in [1.29, 1.82) is 0 Å². The van der Waals surface area contributed by atoms with Crippen LogP contribution >= 0.6 is 0 Å². The molecule has 0 atom stereocenters. The van der Waals surface area contributed by atoms with Crippen LogP contribution in [0.4, 0.5) is 0 Å². The van der Waals surface area contributed by atoms with Crippen molar-refractivity contribution in [3.63, 3.8) is 0 Å². The third-order valence-electron chi connectivity index (χ3n) is 4.16. The molecule has 0 bridgehead atoms. The fourth-order valence-electron chi connectivity index (χ4n) is 2.89. The number of aryl methyl sites for hydroxylation is 1. The first-order valence-corrected chi connectivity index (χ1v) is 8.11. The van der Waals surface area contributed by atoms with Gasteiger partial charge in [0.05, 0.1) is 24.9 Å². The molecule has 5 nitrogen and oxygen atoms in total. The lowest BCUT2D eigenvalue weighted by Crippen LogP contribution is -2.23. The van der Waals surface area contributed by atoms with Crippen molar-refractivity contribution in [2.24, 2.45) is 0 Å². The van der Waals surface area contributed by atoms with Crippen molar-refractivity contribution in [1.82, 2.24) is 14.9 Å². The van der Waals surface area contributed by atoms with Gasteiger partial charge >= 0.3 is 0 Å². The third-order valence-corrected chi connectivity index (χ3v) is 4.16. The van der Waals surface area contributed by atoms with Gasteiger partial charge in [0.25, 0.3) is 5.91 Å². The van der Waals surface area contributed by atoms with Gasteiger partial charge in [-0.3, -0.25) is 9.78 Å². The van der Waals surface area contributed by atoms with E-state index in [2.05, 4.69) is 14.9 Å². The van der Waals surface area contributed by atoms with Gasteiger partial charge in [-0.2, -0.15) is 0 Å². The number of carbonyl (C=O) groups excluding carboxylic acids is 1. The van der Waals surface area contributed by atoms with E-state index < -0.39 is 0 Å². The lowest BCUT2D eigenvalue weighted by molar-refractivity contribution is 0.0950. The fourth-order valence-corrected chi connectivity index (χ4v) is 2.89. The van der Waals surface area contributed by atoms with E-state index in [0.29, 0.717) is 12.1 Å². The van der Waals surface area contributed by atoms with Crippen LogP contribution in [0.1, 0.15) is 27.4 Å². The maximum Gasteiger partial charge on any atom is 0.253 e. The van der Waals surface area contributed by atoms with Crippen LogP contribution in [0, 0.1) is 13.8 Å². The van der Waals surface area contributed by atoms with E-state index in [9.17, 15) is 4.79 Å². The second-order valence-corrected chi connectivity index (χ2v) is 5.82. The molecule has 128 valence electrons. The number of hydrogen-bond acceptors (Lipinski definition) is 3. The average Bonchev–Trinajstić information content (AvgIpc) is 2.95. The van der Waals surface area contributed by atoms with Crippen LogP contribution in [-0.2, 0) is 6.54 Å². The van der Waals surface area contributed by atoms with E-state index in [4.69, 9.17) is 4.74 Å². The highest BCUT2D eigenvalue weighted by molar-refractivity contribution is 5.95. The summed E-state index contributed by atoms with van der Waals surface area (Å²) in [6.07, 6.45) is 1.72. The molecule has 0 aliphatic carbocycles. The molecule has 25 heavy (non-hydrogen) atoms. The Bertz CT molecular complexity index is 868. The van der Waals surface area contributed by atoms with Gasteiger partial charge < -0.3 is 14.6 Å². The molecule has 5 heteroatoms. The zero-order valence-electron chi connectivity index (χ0n) is 14.6. The normalized spacial score (nSPS) is 10.5. The Hall–Kier alpha value is -3.08. The second-order valence-electron chi connectivity index (χ2n) is 5.82. The molecule has 1 aromatic carbocycles. The molecule has 0 fully saturated rings. The number of aromatic nitrogens is 2. The number of hydrogen-bond donors (Lipinski definition) is 1. The van der Waals surface area contributed by atoms with E-state index in [0.717, 1.165) is 28.5 Å². The monoisotopic (exact) mass is 335 g/mol. The first kappa shape index (κ1) is 16.8. The van der Waals surface area contributed by atoms with Gasteiger partial charge in [0, 0.05) is 23.3 Å². The third kappa shape index (κ3) is 3.55. The maximum atomic E-state index is 12.6. The fraction of sp³-hybridized carbons (Fsp3) is 0.200. The number of rotatable bonds is 5. The van der Waals surface area contributed by atoms with Gasteiger partial charge in [0.1, 0.15) is 5.75 Å². The largest absolute Gasteiger partial charge is 0.497 e. The minimum Gasteiger partial charge on any atom is -0.497 e. The van der Waals surface area contributed by atoms with Crippen LogP contribution in [0.5, 0.6) is 5.75 Å². The van der Waals surface area contributed by atoms with Crippen LogP contribution in [0.15, 0.2) is 54.7 Å².